The fourth-order valence-corrected chi connectivity index (χ4v) is 3.32. The summed E-state index contributed by atoms with van der Waals surface area (Å²) in [5.41, 5.74) is 3.61. The van der Waals surface area contributed by atoms with E-state index >= 15 is 0 Å². The number of hydrogen-bond acceptors (Lipinski definition) is 3. The van der Waals surface area contributed by atoms with Gasteiger partial charge in [0.05, 0.1) is 12.5 Å². The highest BCUT2D eigenvalue weighted by Crippen LogP contribution is 2.21. The molecule has 4 nitrogen and oxygen atoms in total. The van der Waals surface area contributed by atoms with E-state index in [0.717, 1.165) is 35.7 Å². The monoisotopic (exact) mass is 399 g/mol. The Bertz CT molecular complexity index is 809. The van der Waals surface area contributed by atoms with Crippen molar-refractivity contribution < 1.29 is 14.6 Å². The van der Waals surface area contributed by atoms with E-state index in [-0.39, 0.29) is 5.92 Å². The molecule has 0 unspecified atom stereocenters. The molecule has 1 heterocycles. The van der Waals surface area contributed by atoms with Gasteiger partial charge >= 0.3 is 5.97 Å². The summed E-state index contributed by atoms with van der Waals surface area (Å²) in [5, 5.41) is 9.68. The molecular weight excluding hydrogens is 374 g/mol. The predicted molar refractivity (Wildman–Crippen MR) is 113 cm³/mol. The SMILES string of the molecule is C/C(=C\CN1CC(C(=O)O)C1)c1ccc(OCCCc2ccc(Cl)cc2)cc1. The van der Waals surface area contributed by atoms with Gasteiger partial charge in [-0.15, -0.1) is 0 Å². The van der Waals surface area contributed by atoms with Gasteiger partial charge in [-0.25, -0.2) is 0 Å². The number of carboxylic acid groups (broad SMARTS) is 1. The lowest BCUT2D eigenvalue weighted by Crippen LogP contribution is -2.50. The zero-order chi connectivity index (χ0) is 19.9. The van der Waals surface area contributed by atoms with E-state index in [9.17, 15) is 4.79 Å². The van der Waals surface area contributed by atoms with Gasteiger partial charge in [-0.05, 0) is 60.7 Å². The summed E-state index contributed by atoms with van der Waals surface area (Å²) in [5.74, 6) is -0.0229. The molecule has 1 aliphatic heterocycles. The van der Waals surface area contributed by atoms with E-state index in [4.69, 9.17) is 21.4 Å². The van der Waals surface area contributed by atoms with Crippen molar-refractivity contribution in [3.8, 4) is 5.75 Å². The fourth-order valence-electron chi connectivity index (χ4n) is 3.19. The van der Waals surface area contributed by atoms with Crippen molar-refractivity contribution in [1.82, 2.24) is 4.90 Å². The summed E-state index contributed by atoms with van der Waals surface area (Å²) in [6.07, 6.45) is 4.08. The Morgan fingerprint density at radius 1 is 1.18 bits per heavy atom. The molecule has 28 heavy (non-hydrogen) atoms. The van der Waals surface area contributed by atoms with Gasteiger partial charge in [0.15, 0.2) is 0 Å². The van der Waals surface area contributed by atoms with E-state index in [2.05, 4.69) is 30.0 Å². The minimum Gasteiger partial charge on any atom is -0.494 e. The number of aryl methyl sites for hydroxylation is 1. The van der Waals surface area contributed by atoms with Gasteiger partial charge in [0.25, 0.3) is 0 Å². The molecule has 5 heteroatoms. The Morgan fingerprint density at radius 2 is 1.86 bits per heavy atom. The first-order valence-corrected chi connectivity index (χ1v) is 9.98. The van der Waals surface area contributed by atoms with Gasteiger partial charge in [0, 0.05) is 24.7 Å². The number of ether oxygens (including phenoxy) is 1. The van der Waals surface area contributed by atoms with Crippen molar-refractivity contribution in [2.24, 2.45) is 5.92 Å². The average Bonchev–Trinajstić information content (AvgIpc) is 2.65. The van der Waals surface area contributed by atoms with Crippen LogP contribution in [0.25, 0.3) is 5.57 Å². The summed E-state index contributed by atoms with van der Waals surface area (Å²) < 4.78 is 5.84. The largest absolute Gasteiger partial charge is 0.494 e. The lowest BCUT2D eigenvalue weighted by Gasteiger charge is -2.35. The zero-order valence-electron chi connectivity index (χ0n) is 16.1. The van der Waals surface area contributed by atoms with Gasteiger partial charge in [-0.1, -0.05) is 41.9 Å². The summed E-state index contributed by atoms with van der Waals surface area (Å²) in [7, 11) is 0. The number of allylic oxidation sites excluding steroid dienone is 1. The molecule has 3 rings (SSSR count). The first-order chi connectivity index (χ1) is 13.5. The second-order valence-corrected chi connectivity index (χ2v) is 7.68. The van der Waals surface area contributed by atoms with Crippen LogP contribution in [0.4, 0.5) is 0 Å². The lowest BCUT2D eigenvalue weighted by atomic mass is 10.00. The van der Waals surface area contributed by atoms with Gasteiger partial charge < -0.3 is 9.84 Å². The van der Waals surface area contributed by atoms with Crippen LogP contribution in [0.1, 0.15) is 24.5 Å². The molecule has 2 aromatic carbocycles. The number of aliphatic carboxylic acids is 1. The Morgan fingerprint density at radius 3 is 2.50 bits per heavy atom. The number of benzene rings is 2. The minimum absolute atomic E-state index is 0.204. The fraction of sp³-hybridized carbons (Fsp3) is 0.348. The Balaban J connectivity index is 1.39. The maximum absolute atomic E-state index is 10.8. The van der Waals surface area contributed by atoms with Crippen LogP contribution in [0.5, 0.6) is 5.75 Å². The first-order valence-electron chi connectivity index (χ1n) is 9.61. The molecular formula is C23H26ClNO3. The molecule has 0 aromatic heterocycles. The highest BCUT2D eigenvalue weighted by molar-refractivity contribution is 6.30. The molecule has 0 bridgehead atoms. The molecule has 0 amide bonds. The van der Waals surface area contributed by atoms with Crippen LogP contribution in [0.2, 0.25) is 5.02 Å². The highest BCUT2D eigenvalue weighted by atomic mass is 35.5. The number of likely N-dealkylation sites (tertiary alicyclic amines) is 1. The first kappa shape index (κ1) is 20.4. The van der Waals surface area contributed by atoms with Crippen LogP contribution in [0, 0.1) is 5.92 Å². The van der Waals surface area contributed by atoms with Crippen molar-refractivity contribution in [2.45, 2.75) is 19.8 Å². The van der Waals surface area contributed by atoms with Crippen LogP contribution in [0.3, 0.4) is 0 Å². The molecule has 0 aliphatic carbocycles. The maximum atomic E-state index is 10.8. The van der Waals surface area contributed by atoms with E-state index in [0.29, 0.717) is 19.7 Å². The van der Waals surface area contributed by atoms with Crippen molar-refractivity contribution in [2.75, 3.05) is 26.2 Å². The van der Waals surface area contributed by atoms with E-state index in [1.54, 1.807) is 0 Å². The Kier molecular flexibility index (Phi) is 7.12. The lowest BCUT2D eigenvalue weighted by molar-refractivity contribution is -0.147. The van der Waals surface area contributed by atoms with Crippen molar-refractivity contribution in [3.05, 3.63) is 70.8 Å². The van der Waals surface area contributed by atoms with Crippen molar-refractivity contribution in [1.29, 1.82) is 0 Å². The minimum atomic E-state index is -0.694. The second-order valence-electron chi connectivity index (χ2n) is 7.24. The summed E-state index contributed by atoms with van der Waals surface area (Å²) in [6.45, 7) is 4.83. The third-order valence-electron chi connectivity index (χ3n) is 5.06. The molecule has 0 atom stereocenters. The third kappa shape index (κ3) is 5.85. The predicted octanol–water partition coefficient (Wildman–Crippen LogP) is 4.77. The van der Waals surface area contributed by atoms with E-state index < -0.39 is 5.97 Å². The quantitative estimate of drug-likeness (QED) is 0.617. The van der Waals surface area contributed by atoms with Crippen LogP contribution in [-0.4, -0.2) is 42.2 Å². The molecule has 1 fully saturated rings. The molecule has 2 aromatic rings. The van der Waals surface area contributed by atoms with Gasteiger partial charge in [0.1, 0.15) is 5.75 Å². The Hall–Kier alpha value is -2.30. The van der Waals surface area contributed by atoms with Gasteiger partial charge in [-0.3, -0.25) is 9.69 Å². The van der Waals surface area contributed by atoms with Crippen molar-refractivity contribution >= 4 is 23.1 Å². The van der Waals surface area contributed by atoms with Gasteiger partial charge in [0.2, 0.25) is 0 Å². The third-order valence-corrected chi connectivity index (χ3v) is 5.32. The molecule has 0 spiro atoms. The van der Waals surface area contributed by atoms with Gasteiger partial charge in [-0.2, -0.15) is 0 Å². The standard InChI is InChI=1S/C23H26ClNO3/c1-17(12-13-25-15-20(16-25)23(26)27)19-6-10-22(11-7-19)28-14-2-3-18-4-8-21(24)9-5-18/h4-12,20H,2-3,13-16H2,1H3,(H,26,27)/b17-12+. The normalized spacial score (nSPS) is 15.3. The summed E-state index contributed by atoms with van der Waals surface area (Å²) >= 11 is 5.90. The van der Waals surface area contributed by atoms with E-state index in [1.807, 2.05) is 36.4 Å². The van der Waals surface area contributed by atoms with Crippen LogP contribution < -0.4 is 4.74 Å². The zero-order valence-corrected chi connectivity index (χ0v) is 16.9. The van der Waals surface area contributed by atoms with Crippen LogP contribution in [-0.2, 0) is 11.2 Å². The van der Waals surface area contributed by atoms with Crippen LogP contribution in [0.15, 0.2) is 54.6 Å². The average molecular weight is 400 g/mol. The number of halogens is 1. The second kappa shape index (κ2) is 9.76. The van der Waals surface area contributed by atoms with Crippen LogP contribution >= 0.6 is 11.6 Å². The molecule has 1 N–H and O–H groups in total. The molecule has 0 saturated carbocycles. The highest BCUT2D eigenvalue weighted by Gasteiger charge is 2.31. The molecule has 148 valence electrons. The molecule has 1 aliphatic rings. The summed E-state index contributed by atoms with van der Waals surface area (Å²) in [6, 6.07) is 16.1. The smallest absolute Gasteiger partial charge is 0.309 e. The molecule has 1 saturated heterocycles. The topological polar surface area (TPSA) is 49.8 Å². The Labute approximate surface area is 171 Å². The number of nitrogens with zero attached hydrogens (tertiary/aromatic N) is 1. The number of carboxylic acids is 1. The number of hydrogen-bond donors (Lipinski definition) is 1. The van der Waals surface area contributed by atoms with E-state index in [1.165, 1.54) is 11.1 Å². The maximum Gasteiger partial charge on any atom is 0.309 e. The van der Waals surface area contributed by atoms with Crippen molar-refractivity contribution in [3.63, 3.8) is 0 Å². The number of rotatable bonds is 9. The summed E-state index contributed by atoms with van der Waals surface area (Å²) in [4.78, 5) is 13.0. The number of carbonyl (C=O) groups is 1. The molecule has 0 radical (unpaired) electrons.